The monoisotopic (exact) mass is 128 g/mol. The Bertz CT molecular complexity index is 41.3. The summed E-state index contributed by atoms with van der Waals surface area (Å²) < 4.78 is 0. The fourth-order valence-corrected chi connectivity index (χ4v) is 0.904. The summed E-state index contributed by atoms with van der Waals surface area (Å²) in [6.45, 7) is 0. The Labute approximate surface area is 74.1 Å². The standard InChI is InChI=1S/C5H10O.Ca.2H/c6-5-3-1-2-4-5;;;/h5-6H,1-4H2;;;. The number of aliphatic hydroxyl groups excluding tert-OH is 1. The van der Waals surface area contributed by atoms with Crippen LogP contribution in [0.1, 0.15) is 25.7 Å². The summed E-state index contributed by atoms with van der Waals surface area (Å²) in [7, 11) is 0. The second-order valence-electron chi connectivity index (χ2n) is 1.94. The van der Waals surface area contributed by atoms with Crippen LogP contribution in [-0.2, 0) is 0 Å². The normalized spacial score (nSPS) is 21.9. The predicted octanol–water partition coefficient (Wildman–Crippen LogP) is 0.00510. The summed E-state index contributed by atoms with van der Waals surface area (Å²) in [5.41, 5.74) is 0. The molecule has 0 unspecified atom stereocenters. The van der Waals surface area contributed by atoms with Gasteiger partial charge in [0, 0.05) is 0 Å². The SMILES string of the molecule is OC1CCCC1.[CaH2]. The van der Waals surface area contributed by atoms with E-state index in [0.717, 1.165) is 12.8 Å². The molecule has 7 heavy (non-hydrogen) atoms. The molecule has 0 aromatic carbocycles. The molecule has 1 nitrogen and oxygen atoms in total. The molecule has 1 aliphatic rings. The molecular formula is C5H12CaO. The number of hydrogen-bond acceptors (Lipinski definition) is 1. The Morgan fingerprint density at radius 1 is 1.14 bits per heavy atom. The van der Waals surface area contributed by atoms with E-state index in [0.29, 0.717) is 0 Å². The van der Waals surface area contributed by atoms with E-state index in [-0.39, 0.29) is 43.8 Å². The van der Waals surface area contributed by atoms with Crippen molar-refractivity contribution in [3.8, 4) is 0 Å². The van der Waals surface area contributed by atoms with E-state index in [1.54, 1.807) is 0 Å². The van der Waals surface area contributed by atoms with Crippen LogP contribution < -0.4 is 0 Å². The molecule has 0 aromatic heterocycles. The van der Waals surface area contributed by atoms with Gasteiger partial charge in [-0.2, -0.15) is 0 Å². The molecular weight excluding hydrogens is 116 g/mol. The first kappa shape index (κ1) is 8.22. The molecule has 1 rings (SSSR count). The fraction of sp³-hybridized carbons (Fsp3) is 1.00. The molecule has 2 heteroatoms. The van der Waals surface area contributed by atoms with Crippen LogP contribution in [0.5, 0.6) is 0 Å². The predicted molar refractivity (Wildman–Crippen MR) is 33.0 cm³/mol. The summed E-state index contributed by atoms with van der Waals surface area (Å²) in [5, 5.41) is 8.73. The number of hydrogen-bond donors (Lipinski definition) is 1. The van der Waals surface area contributed by atoms with Gasteiger partial charge in [-0.25, -0.2) is 0 Å². The van der Waals surface area contributed by atoms with Gasteiger partial charge in [0.05, 0.1) is 6.10 Å². The molecule has 0 bridgehead atoms. The molecule has 0 aromatic rings. The molecule has 1 aliphatic carbocycles. The van der Waals surface area contributed by atoms with Crippen molar-refractivity contribution in [2.24, 2.45) is 0 Å². The van der Waals surface area contributed by atoms with Crippen molar-refractivity contribution in [1.29, 1.82) is 0 Å². The van der Waals surface area contributed by atoms with Crippen LogP contribution in [0.4, 0.5) is 0 Å². The first-order valence-electron chi connectivity index (χ1n) is 2.57. The van der Waals surface area contributed by atoms with Gasteiger partial charge < -0.3 is 5.11 Å². The van der Waals surface area contributed by atoms with Crippen molar-refractivity contribution in [2.45, 2.75) is 31.8 Å². The van der Waals surface area contributed by atoms with Crippen LogP contribution in [0.25, 0.3) is 0 Å². The van der Waals surface area contributed by atoms with Crippen molar-refractivity contribution < 1.29 is 5.11 Å². The summed E-state index contributed by atoms with van der Waals surface area (Å²) in [4.78, 5) is 0. The van der Waals surface area contributed by atoms with Crippen LogP contribution in [0.3, 0.4) is 0 Å². The number of rotatable bonds is 0. The first-order valence-corrected chi connectivity index (χ1v) is 2.57. The third-order valence-electron chi connectivity index (χ3n) is 1.32. The van der Waals surface area contributed by atoms with Crippen LogP contribution in [-0.4, -0.2) is 48.9 Å². The minimum absolute atomic E-state index is 0. The third-order valence-corrected chi connectivity index (χ3v) is 1.32. The second-order valence-corrected chi connectivity index (χ2v) is 1.94. The molecule has 0 heterocycles. The molecule has 0 spiro atoms. The molecule has 0 radical (unpaired) electrons. The molecule has 1 saturated carbocycles. The van der Waals surface area contributed by atoms with Crippen molar-refractivity contribution in [2.75, 3.05) is 0 Å². The molecule has 0 atom stereocenters. The molecule has 0 amide bonds. The van der Waals surface area contributed by atoms with Crippen molar-refractivity contribution >= 4 is 37.7 Å². The topological polar surface area (TPSA) is 20.2 Å². The average molecular weight is 128 g/mol. The van der Waals surface area contributed by atoms with E-state index in [4.69, 9.17) is 5.11 Å². The Balaban J connectivity index is 0.000000360. The van der Waals surface area contributed by atoms with Gasteiger partial charge in [0.15, 0.2) is 0 Å². The summed E-state index contributed by atoms with van der Waals surface area (Å²) in [5.74, 6) is 0. The quantitative estimate of drug-likeness (QED) is 0.455. The van der Waals surface area contributed by atoms with Gasteiger partial charge in [-0.1, -0.05) is 12.8 Å². The zero-order valence-corrected chi connectivity index (χ0v) is 3.85. The molecule has 1 fully saturated rings. The minimum atomic E-state index is 0. The van der Waals surface area contributed by atoms with E-state index in [1.165, 1.54) is 12.8 Å². The maximum atomic E-state index is 8.73. The van der Waals surface area contributed by atoms with Crippen LogP contribution in [0.15, 0.2) is 0 Å². The van der Waals surface area contributed by atoms with E-state index in [2.05, 4.69) is 0 Å². The third kappa shape index (κ3) is 2.91. The van der Waals surface area contributed by atoms with E-state index < -0.39 is 0 Å². The second kappa shape index (κ2) is 4.13. The summed E-state index contributed by atoms with van der Waals surface area (Å²) >= 11 is 0. The molecule has 1 N–H and O–H groups in total. The summed E-state index contributed by atoms with van der Waals surface area (Å²) in [6, 6.07) is 0. The molecule has 0 saturated heterocycles. The Hall–Kier alpha value is 1.22. The van der Waals surface area contributed by atoms with Crippen molar-refractivity contribution in [3.63, 3.8) is 0 Å². The van der Waals surface area contributed by atoms with Gasteiger partial charge in [-0.15, -0.1) is 0 Å². The van der Waals surface area contributed by atoms with E-state index in [1.807, 2.05) is 0 Å². The zero-order valence-electron chi connectivity index (χ0n) is 3.85. The Morgan fingerprint density at radius 2 is 1.57 bits per heavy atom. The number of aliphatic hydroxyl groups is 1. The van der Waals surface area contributed by atoms with Crippen LogP contribution in [0, 0.1) is 0 Å². The van der Waals surface area contributed by atoms with Gasteiger partial charge >= 0.3 is 37.7 Å². The van der Waals surface area contributed by atoms with Gasteiger partial charge in [-0.3, -0.25) is 0 Å². The average Bonchev–Trinajstić information content (AvgIpc) is 1.86. The molecule has 0 aliphatic heterocycles. The van der Waals surface area contributed by atoms with Crippen molar-refractivity contribution in [3.05, 3.63) is 0 Å². The van der Waals surface area contributed by atoms with Gasteiger partial charge in [0.2, 0.25) is 0 Å². The van der Waals surface area contributed by atoms with E-state index in [9.17, 15) is 0 Å². The first-order chi connectivity index (χ1) is 2.89. The molecule has 40 valence electrons. The van der Waals surface area contributed by atoms with Gasteiger partial charge in [0.1, 0.15) is 0 Å². The van der Waals surface area contributed by atoms with Crippen LogP contribution >= 0.6 is 0 Å². The van der Waals surface area contributed by atoms with Gasteiger partial charge in [-0.05, 0) is 12.8 Å². The van der Waals surface area contributed by atoms with Crippen molar-refractivity contribution in [1.82, 2.24) is 0 Å². The summed E-state index contributed by atoms with van der Waals surface area (Å²) in [6.07, 6.45) is 4.60. The fourth-order valence-electron chi connectivity index (χ4n) is 0.904. The van der Waals surface area contributed by atoms with Gasteiger partial charge in [0.25, 0.3) is 0 Å². The Kier molecular flexibility index (Phi) is 4.85. The van der Waals surface area contributed by atoms with E-state index >= 15 is 0 Å². The maximum absolute atomic E-state index is 8.73. The zero-order chi connectivity index (χ0) is 4.41. The van der Waals surface area contributed by atoms with Crippen LogP contribution in [0.2, 0.25) is 0 Å². The Morgan fingerprint density at radius 3 is 1.71 bits per heavy atom.